The van der Waals surface area contributed by atoms with E-state index in [-0.39, 0.29) is 11.9 Å². The van der Waals surface area contributed by atoms with Crippen LogP contribution in [-0.4, -0.2) is 62.3 Å². The Kier molecular flexibility index (Phi) is 7.63. The quantitative estimate of drug-likeness (QED) is 0.746. The second kappa shape index (κ2) is 9.48. The third-order valence-corrected chi connectivity index (χ3v) is 5.22. The van der Waals surface area contributed by atoms with Gasteiger partial charge >= 0.3 is 0 Å². The molecule has 0 aromatic carbocycles. The maximum Gasteiger partial charge on any atom is 0.237 e. The zero-order valence-corrected chi connectivity index (χ0v) is 14.3. The summed E-state index contributed by atoms with van der Waals surface area (Å²) >= 11 is 0. The highest BCUT2D eigenvalue weighted by molar-refractivity contribution is 5.81. The van der Waals surface area contributed by atoms with Gasteiger partial charge in [0, 0.05) is 25.7 Å². The van der Waals surface area contributed by atoms with Crippen molar-refractivity contribution in [3.63, 3.8) is 0 Å². The van der Waals surface area contributed by atoms with Crippen molar-refractivity contribution >= 4 is 5.91 Å². The third kappa shape index (κ3) is 4.93. The average molecular weight is 311 g/mol. The lowest BCUT2D eigenvalue weighted by Gasteiger charge is -2.39. The molecule has 2 aliphatic heterocycles. The first kappa shape index (κ1) is 17.7. The summed E-state index contributed by atoms with van der Waals surface area (Å²) in [6, 6.07) is 0.451. The standard InChI is InChI=1S/C17H33N3O2/c1-3-14(4-2)16(20-9-11-22-12-10-20)13-19-17(21)15-7-5-6-8-18-15/h14-16,18H,3-13H2,1-2H3,(H,19,21). The Labute approximate surface area is 135 Å². The highest BCUT2D eigenvalue weighted by Crippen LogP contribution is 2.19. The van der Waals surface area contributed by atoms with E-state index < -0.39 is 0 Å². The Morgan fingerprint density at radius 2 is 2.00 bits per heavy atom. The zero-order valence-electron chi connectivity index (χ0n) is 14.3. The van der Waals surface area contributed by atoms with Crippen molar-refractivity contribution in [2.24, 2.45) is 5.92 Å². The van der Waals surface area contributed by atoms with Crippen LogP contribution >= 0.6 is 0 Å². The molecule has 0 radical (unpaired) electrons. The van der Waals surface area contributed by atoms with E-state index >= 15 is 0 Å². The smallest absolute Gasteiger partial charge is 0.237 e. The normalized spacial score (nSPS) is 25.1. The number of carbonyl (C=O) groups is 1. The van der Waals surface area contributed by atoms with Crippen LogP contribution < -0.4 is 10.6 Å². The molecule has 0 aliphatic carbocycles. The highest BCUT2D eigenvalue weighted by Gasteiger charge is 2.28. The molecule has 0 bridgehead atoms. The SMILES string of the molecule is CCC(CC)C(CNC(=O)C1CCCCN1)N1CCOCC1. The molecule has 2 fully saturated rings. The van der Waals surface area contributed by atoms with Gasteiger partial charge in [0.1, 0.15) is 0 Å². The van der Waals surface area contributed by atoms with Crippen LogP contribution in [0.1, 0.15) is 46.0 Å². The summed E-state index contributed by atoms with van der Waals surface area (Å²) < 4.78 is 5.48. The summed E-state index contributed by atoms with van der Waals surface area (Å²) in [5.41, 5.74) is 0. The molecule has 0 aromatic heterocycles. The molecule has 22 heavy (non-hydrogen) atoms. The van der Waals surface area contributed by atoms with Gasteiger partial charge in [0.25, 0.3) is 0 Å². The van der Waals surface area contributed by atoms with Crippen LogP contribution in [0.5, 0.6) is 0 Å². The number of hydrogen-bond acceptors (Lipinski definition) is 4. The van der Waals surface area contributed by atoms with E-state index in [1.165, 1.54) is 6.42 Å². The summed E-state index contributed by atoms with van der Waals surface area (Å²) in [6.07, 6.45) is 5.64. The zero-order chi connectivity index (χ0) is 15.8. The van der Waals surface area contributed by atoms with E-state index in [9.17, 15) is 4.79 Å². The average Bonchev–Trinajstić information content (AvgIpc) is 2.60. The summed E-state index contributed by atoms with van der Waals surface area (Å²) in [5, 5.41) is 6.55. The maximum absolute atomic E-state index is 12.4. The Hall–Kier alpha value is -0.650. The van der Waals surface area contributed by atoms with Crippen molar-refractivity contribution in [2.75, 3.05) is 39.4 Å². The van der Waals surface area contributed by atoms with Crippen LogP contribution in [0.25, 0.3) is 0 Å². The Balaban J connectivity index is 1.88. The largest absolute Gasteiger partial charge is 0.379 e. The van der Waals surface area contributed by atoms with Crippen molar-refractivity contribution in [1.29, 1.82) is 0 Å². The molecule has 0 saturated carbocycles. The molecule has 2 heterocycles. The summed E-state index contributed by atoms with van der Waals surface area (Å²) in [4.78, 5) is 14.9. The van der Waals surface area contributed by atoms with Gasteiger partial charge in [-0.25, -0.2) is 0 Å². The minimum absolute atomic E-state index is 0.0146. The van der Waals surface area contributed by atoms with Gasteiger partial charge < -0.3 is 15.4 Å². The first-order valence-electron chi connectivity index (χ1n) is 9.09. The molecule has 2 unspecified atom stereocenters. The van der Waals surface area contributed by atoms with Crippen LogP contribution in [0.2, 0.25) is 0 Å². The monoisotopic (exact) mass is 311 g/mol. The molecule has 5 nitrogen and oxygen atoms in total. The first-order chi connectivity index (χ1) is 10.8. The minimum Gasteiger partial charge on any atom is -0.379 e. The second-order valence-electron chi connectivity index (χ2n) is 6.54. The third-order valence-electron chi connectivity index (χ3n) is 5.22. The number of piperidine rings is 1. The number of carbonyl (C=O) groups excluding carboxylic acids is 1. The molecule has 2 aliphatic rings. The second-order valence-corrected chi connectivity index (χ2v) is 6.54. The molecule has 0 spiro atoms. The first-order valence-corrected chi connectivity index (χ1v) is 9.09. The number of morpholine rings is 1. The molecule has 1 amide bonds. The molecule has 2 N–H and O–H groups in total. The number of rotatable bonds is 7. The van der Waals surface area contributed by atoms with Gasteiger partial charge in [-0.3, -0.25) is 9.69 Å². The van der Waals surface area contributed by atoms with Crippen LogP contribution in [0.3, 0.4) is 0 Å². The van der Waals surface area contributed by atoms with E-state index in [0.717, 1.165) is 65.1 Å². The highest BCUT2D eigenvalue weighted by atomic mass is 16.5. The fourth-order valence-corrected chi connectivity index (χ4v) is 3.74. The predicted octanol–water partition coefficient (Wildman–Crippen LogP) is 1.38. The van der Waals surface area contributed by atoms with E-state index in [1.807, 2.05) is 0 Å². The van der Waals surface area contributed by atoms with Crippen LogP contribution in [-0.2, 0) is 9.53 Å². The van der Waals surface area contributed by atoms with E-state index in [2.05, 4.69) is 29.4 Å². The molecule has 2 atom stereocenters. The van der Waals surface area contributed by atoms with Gasteiger partial charge in [-0.15, -0.1) is 0 Å². The Bertz CT molecular complexity index is 322. The molecule has 2 saturated heterocycles. The van der Waals surface area contributed by atoms with E-state index in [0.29, 0.717) is 12.0 Å². The van der Waals surface area contributed by atoms with Gasteiger partial charge in [-0.05, 0) is 25.3 Å². The Morgan fingerprint density at radius 1 is 1.27 bits per heavy atom. The van der Waals surface area contributed by atoms with Crippen molar-refractivity contribution in [2.45, 2.75) is 58.0 Å². The Morgan fingerprint density at radius 3 is 2.59 bits per heavy atom. The number of hydrogen-bond donors (Lipinski definition) is 2. The van der Waals surface area contributed by atoms with Crippen LogP contribution in [0.4, 0.5) is 0 Å². The lowest BCUT2D eigenvalue weighted by Crippen LogP contribution is -2.54. The lowest BCUT2D eigenvalue weighted by molar-refractivity contribution is -0.124. The van der Waals surface area contributed by atoms with Crippen LogP contribution in [0.15, 0.2) is 0 Å². The molecule has 2 rings (SSSR count). The van der Waals surface area contributed by atoms with E-state index in [4.69, 9.17) is 4.74 Å². The van der Waals surface area contributed by atoms with Gasteiger partial charge in [0.15, 0.2) is 0 Å². The van der Waals surface area contributed by atoms with Crippen molar-refractivity contribution < 1.29 is 9.53 Å². The maximum atomic E-state index is 12.4. The van der Waals surface area contributed by atoms with Gasteiger partial charge in [0.2, 0.25) is 5.91 Å². The summed E-state index contributed by atoms with van der Waals surface area (Å²) in [7, 11) is 0. The van der Waals surface area contributed by atoms with Gasteiger partial charge in [0.05, 0.1) is 19.3 Å². The topological polar surface area (TPSA) is 53.6 Å². The predicted molar refractivity (Wildman–Crippen MR) is 88.9 cm³/mol. The fourth-order valence-electron chi connectivity index (χ4n) is 3.74. The van der Waals surface area contributed by atoms with Gasteiger partial charge in [-0.1, -0.05) is 33.1 Å². The lowest BCUT2D eigenvalue weighted by atomic mass is 9.92. The molecule has 5 heteroatoms. The van der Waals surface area contributed by atoms with Crippen molar-refractivity contribution in [1.82, 2.24) is 15.5 Å². The summed E-state index contributed by atoms with van der Waals surface area (Å²) in [5.74, 6) is 0.821. The van der Waals surface area contributed by atoms with Crippen molar-refractivity contribution in [3.05, 3.63) is 0 Å². The minimum atomic E-state index is 0.0146. The summed E-state index contributed by atoms with van der Waals surface area (Å²) in [6.45, 7) is 9.85. The molecular weight excluding hydrogens is 278 g/mol. The van der Waals surface area contributed by atoms with Gasteiger partial charge in [-0.2, -0.15) is 0 Å². The molecular formula is C17H33N3O2. The van der Waals surface area contributed by atoms with Crippen molar-refractivity contribution in [3.8, 4) is 0 Å². The fraction of sp³-hybridized carbons (Fsp3) is 0.941. The molecule has 0 aromatic rings. The van der Waals surface area contributed by atoms with E-state index in [1.54, 1.807) is 0 Å². The number of ether oxygens (including phenoxy) is 1. The number of amides is 1. The van der Waals surface area contributed by atoms with Crippen LogP contribution in [0, 0.1) is 5.92 Å². The number of nitrogens with zero attached hydrogens (tertiary/aromatic N) is 1. The molecule has 128 valence electrons. The number of nitrogens with one attached hydrogen (secondary N) is 2.